The lowest BCUT2D eigenvalue weighted by atomic mass is 10.0. The molecule has 0 atom stereocenters. The SMILES string of the molecule is CCCCCCCCNC(=O)Oc1ccc(OC)c(-c2cncc(-c3ncnn3COCC[Si](C)(C)C)c2)c1. The number of carbonyl (C=O) groups excluding carboxylic acids is 1. The number of hydrogen-bond acceptors (Lipinski definition) is 7. The summed E-state index contributed by atoms with van der Waals surface area (Å²) in [5, 5.41) is 7.17. The number of nitrogens with one attached hydrogen (secondary N) is 1. The van der Waals surface area contributed by atoms with Crippen molar-refractivity contribution in [3.8, 4) is 34.0 Å². The second-order valence-electron chi connectivity index (χ2n) is 10.8. The molecule has 1 amide bonds. The van der Waals surface area contributed by atoms with Crippen molar-refractivity contribution in [3.63, 3.8) is 0 Å². The van der Waals surface area contributed by atoms with E-state index in [1.165, 1.54) is 32.0 Å². The summed E-state index contributed by atoms with van der Waals surface area (Å²) in [6, 6.07) is 8.35. The second kappa shape index (κ2) is 15.4. The van der Waals surface area contributed by atoms with E-state index in [1.54, 1.807) is 42.4 Å². The lowest BCUT2D eigenvalue weighted by Gasteiger charge is -2.15. The first-order valence-corrected chi connectivity index (χ1v) is 17.6. The van der Waals surface area contributed by atoms with Crippen LogP contribution in [0.5, 0.6) is 11.5 Å². The fourth-order valence-electron chi connectivity index (χ4n) is 4.04. The van der Waals surface area contributed by atoms with Gasteiger partial charge in [0.2, 0.25) is 0 Å². The second-order valence-corrected chi connectivity index (χ2v) is 16.5. The number of amides is 1. The molecule has 0 aliphatic rings. The Bertz CT molecular complexity index is 1180. The highest BCUT2D eigenvalue weighted by Crippen LogP contribution is 2.34. The number of benzene rings is 1. The predicted molar refractivity (Wildman–Crippen MR) is 157 cm³/mol. The number of methoxy groups -OCH3 is 1. The molecule has 2 heterocycles. The van der Waals surface area contributed by atoms with Gasteiger partial charge in [0.15, 0.2) is 5.82 Å². The first-order chi connectivity index (χ1) is 18.8. The maximum absolute atomic E-state index is 12.4. The van der Waals surface area contributed by atoms with E-state index < -0.39 is 14.2 Å². The zero-order valence-corrected chi connectivity index (χ0v) is 25.0. The van der Waals surface area contributed by atoms with Gasteiger partial charge in [-0.3, -0.25) is 4.98 Å². The maximum atomic E-state index is 12.4. The van der Waals surface area contributed by atoms with Crippen LogP contribution in [0.4, 0.5) is 4.79 Å². The van der Waals surface area contributed by atoms with Crippen LogP contribution in [0.25, 0.3) is 22.5 Å². The van der Waals surface area contributed by atoms with E-state index in [1.807, 2.05) is 6.07 Å². The number of pyridine rings is 1. The molecule has 2 aromatic heterocycles. The fourth-order valence-corrected chi connectivity index (χ4v) is 4.79. The number of unbranched alkanes of at least 4 members (excludes halogenated alkanes) is 5. The minimum Gasteiger partial charge on any atom is -0.496 e. The molecule has 3 rings (SSSR count). The number of carbonyl (C=O) groups is 1. The highest BCUT2D eigenvalue weighted by molar-refractivity contribution is 6.76. The normalized spacial score (nSPS) is 11.4. The van der Waals surface area contributed by atoms with Crippen molar-refractivity contribution in [2.24, 2.45) is 0 Å². The largest absolute Gasteiger partial charge is 0.496 e. The van der Waals surface area contributed by atoms with Gasteiger partial charge in [-0.05, 0) is 36.7 Å². The van der Waals surface area contributed by atoms with Crippen LogP contribution < -0.4 is 14.8 Å². The van der Waals surface area contributed by atoms with Gasteiger partial charge in [-0.15, -0.1) is 0 Å². The van der Waals surface area contributed by atoms with E-state index in [-0.39, 0.29) is 0 Å². The Morgan fingerprint density at radius 1 is 1.03 bits per heavy atom. The minimum atomic E-state index is -1.17. The summed E-state index contributed by atoms with van der Waals surface area (Å²) in [4.78, 5) is 21.2. The summed E-state index contributed by atoms with van der Waals surface area (Å²) in [6.07, 6.45) is 11.5. The summed E-state index contributed by atoms with van der Waals surface area (Å²) >= 11 is 0. The van der Waals surface area contributed by atoms with Crippen LogP contribution >= 0.6 is 0 Å². The van der Waals surface area contributed by atoms with Crippen LogP contribution in [0.2, 0.25) is 25.7 Å². The minimum absolute atomic E-state index is 0.324. The van der Waals surface area contributed by atoms with Crippen LogP contribution in [-0.4, -0.2) is 54.2 Å². The Morgan fingerprint density at radius 2 is 1.79 bits per heavy atom. The average molecular weight is 554 g/mol. The van der Waals surface area contributed by atoms with Crippen molar-refractivity contribution in [2.75, 3.05) is 20.3 Å². The first kappa shape index (κ1) is 30.3. The third-order valence-electron chi connectivity index (χ3n) is 6.31. The number of aromatic nitrogens is 4. The zero-order chi connectivity index (χ0) is 28.1. The molecule has 0 aliphatic heterocycles. The monoisotopic (exact) mass is 553 g/mol. The summed E-state index contributed by atoms with van der Waals surface area (Å²) in [5.41, 5.74) is 2.35. The molecule has 9 nitrogen and oxygen atoms in total. The lowest BCUT2D eigenvalue weighted by molar-refractivity contribution is 0.0796. The van der Waals surface area contributed by atoms with Gasteiger partial charge in [0.1, 0.15) is 24.6 Å². The van der Waals surface area contributed by atoms with Crippen LogP contribution in [0.1, 0.15) is 45.4 Å². The maximum Gasteiger partial charge on any atom is 0.412 e. The van der Waals surface area contributed by atoms with E-state index in [9.17, 15) is 4.79 Å². The number of rotatable bonds is 16. The van der Waals surface area contributed by atoms with E-state index in [4.69, 9.17) is 14.2 Å². The van der Waals surface area contributed by atoms with Crippen molar-refractivity contribution in [1.82, 2.24) is 25.1 Å². The van der Waals surface area contributed by atoms with E-state index in [2.05, 4.69) is 46.9 Å². The smallest absolute Gasteiger partial charge is 0.412 e. The molecule has 212 valence electrons. The van der Waals surface area contributed by atoms with Gasteiger partial charge >= 0.3 is 6.09 Å². The highest BCUT2D eigenvalue weighted by Gasteiger charge is 2.15. The molecule has 0 radical (unpaired) electrons. The summed E-state index contributed by atoms with van der Waals surface area (Å²) < 4.78 is 18.8. The summed E-state index contributed by atoms with van der Waals surface area (Å²) in [6.45, 7) is 10.8. The van der Waals surface area contributed by atoms with Crippen molar-refractivity contribution < 1.29 is 19.0 Å². The number of ether oxygens (including phenoxy) is 3. The molecule has 0 saturated heterocycles. The molecule has 3 aromatic rings. The van der Waals surface area contributed by atoms with Gasteiger partial charge in [0.25, 0.3) is 0 Å². The van der Waals surface area contributed by atoms with Gasteiger partial charge in [0.05, 0.1) is 7.11 Å². The van der Waals surface area contributed by atoms with Gasteiger partial charge in [-0.1, -0.05) is 58.7 Å². The van der Waals surface area contributed by atoms with Gasteiger partial charge in [0, 0.05) is 50.3 Å². The molecule has 1 aromatic carbocycles. The van der Waals surface area contributed by atoms with E-state index in [0.29, 0.717) is 37.2 Å². The zero-order valence-electron chi connectivity index (χ0n) is 24.0. The highest BCUT2D eigenvalue weighted by atomic mass is 28.3. The van der Waals surface area contributed by atoms with Gasteiger partial charge in [-0.25, -0.2) is 14.5 Å². The van der Waals surface area contributed by atoms with Crippen molar-refractivity contribution >= 4 is 14.2 Å². The van der Waals surface area contributed by atoms with Crippen molar-refractivity contribution in [2.45, 2.75) is 77.9 Å². The topological polar surface area (TPSA) is 100 Å². The quantitative estimate of drug-likeness (QED) is 0.154. The van der Waals surface area contributed by atoms with Crippen LogP contribution in [0.15, 0.2) is 43.0 Å². The molecule has 0 aliphatic carbocycles. The van der Waals surface area contributed by atoms with Gasteiger partial charge in [-0.2, -0.15) is 5.10 Å². The molecule has 1 N–H and O–H groups in total. The predicted octanol–water partition coefficient (Wildman–Crippen LogP) is 6.78. The Balaban J connectivity index is 1.66. The van der Waals surface area contributed by atoms with Gasteiger partial charge < -0.3 is 19.5 Å². The molecule has 39 heavy (non-hydrogen) atoms. The molecular weight excluding hydrogens is 510 g/mol. The Labute approximate surface area is 233 Å². The van der Waals surface area contributed by atoms with Crippen molar-refractivity contribution in [1.29, 1.82) is 0 Å². The molecule has 0 saturated carbocycles. The van der Waals surface area contributed by atoms with E-state index in [0.717, 1.165) is 35.6 Å². The first-order valence-electron chi connectivity index (χ1n) is 13.9. The third kappa shape index (κ3) is 10.1. The lowest BCUT2D eigenvalue weighted by Crippen LogP contribution is -2.27. The molecule has 0 fully saturated rings. The molecule has 0 bridgehead atoms. The number of hydrogen-bond donors (Lipinski definition) is 1. The standard InChI is InChI=1S/C29H43N5O4Si/c1-6-7-8-9-10-11-14-31-29(35)38-25-12-13-27(36-2)26(18-25)23-17-24(20-30-19-23)28-32-21-33-34(28)22-37-15-16-39(3,4)5/h12-13,17-21H,6-11,14-16,22H2,1-5H3,(H,31,35). The summed E-state index contributed by atoms with van der Waals surface area (Å²) in [7, 11) is 0.441. The fraction of sp³-hybridized carbons (Fsp3) is 0.517. The van der Waals surface area contributed by atoms with Crippen LogP contribution in [-0.2, 0) is 11.5 Å². The Hall–Kier alpha value is -3.24. The third-order valence-corrected chi connectivity index (χ3v) is 8.02. The van der Waals surface area contributed by atoms with Crippen molar-refractivity contribution in [3.05, 3.63) is 43.0 Å². The Morgan fingerprint density at radius 3 is 2.56 bits per heavy atom. The van der Waals surface area contributed by atoms with E-state index >= 15 is 0 Å². The molecular formula is C29H43N5O4Si. The number of nitrogens with zero attached hydrogens (tertiary/aromatic N) is 4. The summed E-state index contributed by atoms with van der Waals surface area (Å²) in [5.74, 6) is 1.73. The Kier molecular flexibility index (Phi) is 11.9. The molecule has 10 heteroatoms. The van der Waals surface area contributed by atoms with Crippen LogP contribution in [0.3, 0.4) is 0 Å². The molecule has 0 spiro atoms. The average Bonchev–Trinajstić information content (AvgIpc) is 3.39. The molecule has 0 unspecified atom stereocenters. The van der Waals surface area contributed by atoms with Crippen LogP contribution in [0, 0.1) is 0 Å².